The average molecular weight is 291 g/mol. The van der Waals surface area contributed by atoms with Gasteiger partial charge in [0, 0.05) is 23.8 Å². The molecule has 1 aromatic heterocycles. The van der Waals surface area contributed by atoms with E-state index < -0.39 is 0 Å². The maximum Gasteiger partial charge on any atom is 0.166 e. The number of anilines is 1. The third kappa shape index (κ3) is 4.06. The molecule has 1 N–H and O–H groups in total. The largest absolute Gasteiger partial charge is 0.374 e. The van der Waals surface area contributed by atoms with Crippen molar-refractivity contribution in [3.05, 3.63) is 22.6 Å². The number of hydrogen-bond acceptors (Lipinski definition) is 3. The van der Waals surface area contributed by atoms with Crippen molar-refractivity contribution in [2.75, 3.05) is 18.5 Å². The minimum atomic E-state index is -0.373. The van der Waals surface area contributed by atoms with Crippen molar-refractivity contribution in [2.24, 2.45) is 0 Å². The maximum absolute atomic E-state index is 13.4. The lowest BCUT2D eigenvalue weighted by Crippen LogP contribution is -2.33. The van der Waals surface area contributed by atoms with Crippen molar-refractivity contribution in [3.8, 4) is 0 Å². The van der Waals surface area contributed by atoms with Crippen molar-refractivity contribution >= 4 is 21.7 Å². The molecule has 0 unspecified atom stereocenters. The summed E-state index contributed by atoms with van der Waals surface area (Å²) in [7, 11) is 0. The van der Waals surface area contributed by atoms with Crippen LogP contribution in [-0.2, 0) is 4.74 Å². The van der Waals surface area contributed by atoms with Crippen LogP contribution in [0, 0.1) is 5.82 Å². The zero-order valence-corrected chi connectivity index (χ0v) is 11.3. The molecule has 1 heterocycles. The summed E-state index contributed by atoms with van der Waals surface area (Å²) in [6, 6.07) is 1.38. The van der Waals surface area contributed by atoms with Gasteiger partial charge in [0.1, 0.15) is 0 Å². The lowest BCUT2D eigenvalue weighted by Gasteiger charge is -2.25. The van der Waals surface area contributed by atoms with Gasteiger partial charge in [0.05, 0.1) is 5.60 Å². The van der Waals surface area contributed by atoms with E-state index in [-0.39, 0.29) is 17.2 Å². The summed E-state index contributed by atoms with van der Waals surface area (Å²) in [6.07, 6.45) is 1.55. The van der Waals surface area contributed by atoms with Crippen molar-refractivity contribution in [3.63, 3.8) is 0 Å². The third-order valence-corrected chi connectivity index (χ3v) is 2.46. The van der Waals surface area contributed by atoms with E-state index in [0.717, 1.165) is 0 Å². The number of aromatic nitrogens is 1. The van der Waals surface area contributed by atoms with Gasteiger partial charge in [0.2, 0.25) is 0 Å². The van der Waals surface area contributed by atoms with Gasteiger partial charge in [0.15, 0.2) is 11.6 Å². The summed E-state index contributed by atoms with van der Waals surface area (Å²) in [4.78, 5) is 3.95. The molecule has 0 spiro atoms. The van der Waals surface area contributed by atoms with Crippen LogP contribution in [0.2, 0.25) is 0 Å². The molecule has 1 aromatic rings. The molecule has 3 nitrogen and oxygen atoms in total. The van der Waals surface area contributed by atoms with Crippen molar-refractivity contribution in [1.29, 1.82) is 0 Å². The monoisotopic (exact) mass is 290 g/mol. The Kier molecular flexibility index (Phi) is 4.68. The standard InChI is InChI=1S/C11H16BrFN2O/c1-4-16-11(2,3)7-15-10-9(13)5-8(12)6-14-10/h5-6H,4,7H2,1-3H3,(H,14,15). The van der Waals surface area contributed by atoms with Crippen molar-refractivity contribution < 1.29 is 9.13 Å². The van der Waals surface area contributed by atoms with Crippen molar-refractivity contribution in [1.82, 2.24) is 4.98 Å². The normalized spacial score (nSPS) is 11.6. The number of halogens is 2. The van der Waals surface area contributed by atoms with Gasteiger partial charge in [-0.25, -0.2) is 9.37 Å². The Hall–Kier alpha value is -0.680. The highest BCUT2D eigenvalue weighted by atomic mass is 79.9. The van der Waals surface area contributed by atoms with Gasteiger partial charge in [-0.1, -0.05) is 0 Å². The van der Waals surface area contributed by atoms with Gasteiger partial charge >= 0.3 is 0 Å². The van der Waals surface area contributed by atoms with E-state index in [4.69, 9.17) is 4.74 Å². The third-order valence-electron chi connectivity index (χ3n) is 2.02. The van der Waals surface area contributed by atoms with Crippen molar-refractivity contribution in [2.45, 2.75) is 26.4 Å². The fraction of sp³-hybridized carbons (Fsp3) is 0.545. The molecule has 0 saturated heterocycles. The van der Waals surface area contributed by atoms with Gasteiger partial charge in [-0.05, 0) is 42.8 Å². The summed E-state index contributed by atoms with van der Waals surface area (Å²) in [5.41, 5.74) is -0.337. The van der Waals surface area contributed by atoms with E-state index in [1.165, 1.54) is 6.07 Å². The van der Waals surface area contributed by atoms with Gasteiger partial charge < -0.3 is 10.1 Å². The minimum absolute atomic E-state index is 0.246. The zero-order valence-electron chi connectivity index (χ0n) is 9.68. The van der Waals surface area contributed by atoms with Gasteiger partial charge in [-0.15, -0.1) is 0 Å². The Labute approximate surface area is 104 Å². The lowest BCUT2D eigenvalue weighted by atomic mass is 10.1. The molecule has 0 radical (unpaired) electrons. The summed E-state index contributed by atoms with van der Waals surface area (Å²) in [6.45, 7) is 6.96. The topological polar surface area (TPSA) is 34.1 Å². The first kappa shape index (κ1) is 13.4. The molecule has 0 aliphatic rings. The van der Waals surface area contributed by atoms with Crippen LogP contribution in [0.3, 0.4) is 0 Å². The summed E-state index contributed by atoms with van der Waals surface area (Å²) in [5, 5.41) is 2.93. The minimum Gasteiger partial charge on any atom is -0.374 e. The van der Waals surface area contributed by atoms with Crippen LogP contribution in [0.5, 0.6) is 0 Å². The Bertz CT molecular complexity index is 358. The highest BCUT2D eigenvalue weighted by Gasteiger charge is 2.18. The molecular weight excluding hydrogens is 275 g/mol. The van der Waals surface area contributed by atoms with Crippen LogP contribution in [-0.4, -0.2) is 23.7 Å². The SMILES string of the molecule is CCOC(C)(C)CNc1ncc(Br)cc1F. The fourth-order valence-electron chi connectivity index (χ4n) is 1.28. The van der Waals surface area contributed by atoms with E-state index in [1.54, 1.807) is 6.20 Å². The lowest BCUT2D eigenvalue weighted by molar-refractivity contribution is 0.000603. The molecular formula is C11H16BrFN2O. The highest BCUT2D eigenvalue weighted by Crippen LogP contribution is 2.17. The molecule has 5 heteroatoms. The number of hydrogen-bond donors (Lipinski definition) is 1. The summed E-state index contributed by atoms with van der Waals surface area (Å²) in [5.74, 6) is -0.127. The second kappa shape index (κ2) is 5.59. The summed E-state index contributed by atoms with van der Waals surface area (Å²) < 4.78 is 19.5. The molecule has 0 aliphatic heterocycles. The second-order valence-corrected chi connectivity index (χ2v) is 4.95. The average Bonchev–Trinajstić information content (AvgIpc) is 2.16. The van der Waals surface area contributed by atoms with Crippen LogP contribution in [0.25, 0.3) is 0 Å². The van der Waals surface area contributed by atoms with Gasteiger partial charge in [-0.3, -0.25) is 0 Å². The number of nitrogens with zero attached hydrogens (tertiary/aromatic N) is 1. The predicted molar refractivity (Wildman–Crippen MR) is 66.1 cm³/mol. The van der Waals surface area contributed by atoms with E-state index >= 15 is 0 Å². The van der Waals surface area contributed by atoms with E-state index in [2.05, 4.69) is 26.2 Å². The Balaban J connectivity index is 2.61. The number of nitrogens with one attached hydrogen (secondary N) is 1. The Morgan fingerprint density at radius 3 is 2.81 bits per heavy atom. The van der Waals surface area contributed by atoms with Crippen LogP contribution >= 0.6 is 15.9 Å². The van der Waals surface area contributed by atoms with E-state index in [9.17, 15) is 4.39 Å². The molecule has 1 rings (SSSR count). The summed E-state index contributed by atoms with van der Waals surface area (Å²) >= 11 is 3.16. The second-order valence-electron chi connectivity index (χ2n) is 4.03. The molecule has 0 bridgehead atoms. The fourth-order valence-corrected chi connectivity index (χ4v) is 1.59. The highest BCUT2D eigenvalue weighted by molar-refractivity contribution is 9.10. The predicted octanol–water partition coefficient (Wildman–Crippen LogP) is 3.21. The number of ether oxygens (including phenoxy) is 1. The molecule has 90 valence electrons. The smallest absolute Gasteiger partial charge is 0.166 e. The van der Waals surface area contributed by atoms with Crippen LogP contribution < -0.4 is 5.32 Å². The Morgan fingerprint density at radius 2 is 2.25 bits per heavy atom. The molecule has 0 atom stereocenters. The van der Waals surface area contributed by atoms with Crippen LogP contribution in [0.4, 0.5) is 10.2 Å². The van der Waals surface area contributed by atoms with Crippen LogP contribution in [0.15, 0.2) is 16.7 Å². The first-order valence-electron chi connectivity index (χ1n) is 5.13. The number of pyridine rings is 1. The molecule has 0 aromatic carbocycles. The molecule has 0 aliphatic carbocycles. The van der Waals surface area contributed by atoms with Crippen LogP contribution in [0.1, 0.15) is 20.8 Å². The van der Waals surface area contributed by atoms with E-state index in [0.29, 0.717) is 17.6 Å². The van der Waals surface area contributed by atoms with Gasteiger partial charge in [-0.2, -0.15) is 0 Å². The maximum atomic E-state index is 13.4. The molecule has 0 saturated carbocycles. The first-order valence-corrected chi connectivity index (χ1v) is 5.93. The molecule has 0 amide bonds. The molecule has 0 fully saturated rings. The van der Waals surface area contributed by atoms with Gasteiger partial charge in [0.25, 0.3) is 0 Å². The zero-order chi connectivity index (χ0) is 12.2. The van der Waals surface area contributed by atoms with E-state index in [1.807, 2.05) is 20.8 Å². The quantitative estimate of drug-likeness (QED) is 0.904. The Morgan fingerprint density at radius 1 is 1.56 bits per heavy atom. The molecule has 16 heavy (non-hydrogen) atoms. The number of rotatable bonds is 5. The first-order chi connectivity index (χ1) is 7.44.